The molecule has 0 aliphatic carbocycles. The van der Waals surface area contributed by atoms with E-state index in [0.29, 0.717) is 5.58 Å². The first-order valence-corrected chi connectivity index (χ1v) is 7.45. The highest BCUT2D eigenvalue weighted by Crippen LogP contribution is 2.35. The SMILES string of the molecule is N#CCC(=O)c1cc2c(Sc3ccc(N)cc3)cccc2o1. The molecule has 0 saturated carbocycles. The summed E-state index contributed by atoms with van der Waals surface area (Å²) in [6.45, 7) is 0. The summed E-state index contributed by atoms with van der Waals surface area (Å²) in [5.74, 6) is -0.0796. The maximum atomic E-state index is 11.8. The van der Waals surface area contributed by atoms with Gasteiger partial charge in [-0.05, 0) is 42.5 Å². The Morgan fingerprint density at radius 2 is 2.00 bits per heavy atom. The van der Waals surface area contributed by atoms with Crippen molar-refractivity contribution in [2.75, 3.05) is 5.73 Å². The molecule has 108 valence electrons. The van der Waals surface area contributed by atoms with Gasteiger partial charge in [-0.25, -0.2) is 0 Å². The van der Waals surface area contributed by atoms with Crippen molar-refractivity contribution in [3.63, 3.8) is 0 Å². The molecule has 1 aromatic heterocycles. The lowest BCUT2D eigenvalue weighted by molar-refractivity contribution is 0.0973. The smallest absolute Gasteiger partial charge is 0.212 e. The van der Waals surface area contributed by atoms with Crippen molar-refractivity contribution < 1.29 is 9.21 Å². The average Bonchev–Trinajstić information content (AvgIpc) is 2.95. The van der Waals surface area contributed by atoms with Crippen LogP contribution in [0.15, 0.2) is 62.7 Å². The van der Waals surface area contributed by atoms with Crippen LogP contribution in [0.2, 0.25) is 0 Å². The first-order chi connectivity index (χ1) is 10.7. The van der Waals surface area contributed by atoms with Crippen LogP contribution in [0.3, 0.4) is 0 Å². The van der Waals surface area contributed by atoms with E-state index in [1.807, 2.05) is 48.5 Å². The van der Waals surface area contributed by atoms with Crippen molar-refractivity contribution in [3.05, 3.63) is 54.3 Å². The zero-order chi connectivity index (χ0) is 15.5. The molecule has 0 bridgehead atoms. The van der Waals surface area contributed by atoms with Crippen LogP contribution in [0.25, 0.3) is 11.0 Å². The Morgan fingerprint density at radius 3 is 2.73 bits per heavy atom. The lowest BCUT2D eigenvalue weighted by Crippen LogP contribution is -1.93. The molecule has 0 amide bonds. The third kappa shape index (κ3) is 2.83. The van der Waals surface area contributed by atoms with Crippen LogP contribution < -0.4 is 5.73 Å². The number of hydrogen-bond acceptors (Lipinski definition) is 5. The number of nitriles is 1. The van der Waals surface area contributed by atoms with E-state index in [1.54, 1.807) is 17.8 Å². The van der Waals surface area contributed by atoms with Gasteiger partial charge >= 0.3 is 0 Å². The van der Waals surface area contributed by atoms with Crippen LogP contribution in [0.1, 0.15) is 17.0 Å². The number of carbonyl (C=O) groups excluding carboxylic acids is 1. The third-order valence-corrected chi connectivity index (χ3v) is 4.23. The Labute approximate surface area is 131 Å². The van der Waals surface area contributed by atoms with Crippen molar-refractivity contribution >= 4 is 34.2 Å². The number of anilines is 1. The molecule has 0 spiro atoms. The predicted octanol–water partition coefficient (Wildman–Crippen LogP) is 4.26. The molecule has 1 heterocycles. The molecule has 3 rings (SSSR count). The van der Waals surface area contributed by atoms with Gasteiger partial charge in [0.25, 0.3) is 0 Å². The van der Waals surface area contributed by atoms with Gasteiger partial charge in [-0.2, -0.15) is 5.26 Å². The molecule has 0 saturated heterocycles. The number of ketones is 1. The normalized spacial score (nSPS) is 10.5. The fourth-order valence-corrected chi connectivity index (χ4v) is 3.02. The molecular weight excluding hydrogens is 296 g/mol. The maximum absolute atomic E-state index is 11.8. The second-order valence-electron chi connectivity index (χ2n) is 4.71. The fourth-order valence-electron chi connectivity index (χ4n) is 2.08. The number of nitrogens with zero attached hydrogens (tertiary/aromatic N) is 1. The van der Waals surface area contributed by atoms with Crippen molar-refractivity contribution in [1.82, 2.24) is 0 Å². The summed E-state index contributed by atoms with van der Waals surface area (Å²) in [6.07, 6.45) is -0.180. The molecule has 0 radical (unpaired) electrons. The number of rotatable bonds is 4. The van der Waals surface area contributed by atoms with Crippen molar-refractivity contribution in [2.45, 2.75) is 16.2 Å². The maximum Gasteiger partial charge on any atom is 0.212 e. The van der Waals surface area contributed by atoms with Gasteiger partial charge in [0.05, 0.1) is 6.07 Å². The summed E-state index contributed by atoms with van der Waals surface area (Å²) in [5.41, 5.74) is 7.05. The minimum atomic E-state index is -0.304. The molecule has 0 aliphatic rings. The summed E-state index contributed by atoms with van der Waals surface area (Å²) in [4.78, 5) is 13.8. The van der Waals surface area contributed by atoms with Crippen molar-refractivity contribution in [3.8, 4) is 6.07 Å². The summed E-state index contributed by atoms with van der Waals surface area (Å²) in [5, 5.41) is 9.48. The Bertz CT molecular complexity index is 876. The molecule has 2 N–H and O–H groups in total. The Balaban J connectivity index is 1.98. The van der Waals surface area contributed by atoms with E-state index in [4.69, 9.17) is 15.4 Å². The van der Waals surface area contributed by atoms with Crippen LogP contribution in [0, 0.1) is 11.3 Å². The van der Waals surface area contributed by atoms with E-state index in [9.17, 15) is 4.79 Å². The van der Waals surface area contributed by atoms with Gasteiger partial charge < -0.3 is 10.2 Å². The molecule has 0 atom stereocenters. The van der Waals surface area contributed by atoms with Crippen LogP contribution in [0.5, 0.6) is 0 Å². The van der Waals surface area contributed by atoms with Crippen LogP contribution in [0.4, 0.5) is 5.69 Å². The highest BCUT2D eigenvalue weighted by molar-refractivity contribution is 7.99. The zero-order valence-electron chi connectivity index (χ0n) is 11.6. The minimum Gasteiger partial charge on any atom is -0.453 e. The summed E-state index contributed by atoms with van der Waals surface area (Å²) in [7, 11) is 0. The number of nitrogen functional groups attached to an aromatic ring is 1. The van der Waals surface area contributed by atoms with Gasteiger partial charge in [0.1, 0.15) is 12.0 Å². The molecule has 0 fully saturated rings. The van der Waals surface area contributed by atoms with Gasteiger partial charge in [0.15, 0.2) is 5.76 Å². The zero-order valence-corrected chi connectivity index (χ0v) is 12.4. The summed E-state index contributed by atoms with van der Waals surface area (Å²) < 4.78 is 5.55. The first kappa shape index (κ1) is 14.2. The highest BCUT2D eigenvalue weighted by Gasteiger charge is 2.14. The number of fused-ring (bicyclic) bond motifs is 1. The van der Waals surface area contributed by atoms with Crippen molar-refractivity contribution in [1.29, 1.82) is 5.26 Å². The molecule has 22 heavy (non-hydrogen) atoms. The number of furan rings is 1. The topological polar surface area (TPSA) is 80.0 Å². The third-order valence-electron chi connectivity index (χ3n) is 3.14. The molecule has 0 aliphatic heterocycles. The van der Waals surface area contributed by atoms with E-state index in [1.165, 1.54) is 0 Å². The van der Waals surface area contributed by atoms with E-state index in [-0.39, 0.29) is 18.0 Å². The number of hydrogen-bond donors (Lipinski definition) is 1. The standard InChI is InChI=1S/C17H12N2O2S/c18-9-8-14(20)16-10-13-15(21-16)2-1-3-17(13)22-12-6-4-11(19)5-7-12/h1-7,10H,8,19H2. The van der Waals surface area contributed by atoms with Gasteiger partial charge in [-0.3, -0.25) is 4.79 Å². The van der Waals surface area contributed by atoms with Crippen LogP contribution >= 0.6 is 11.8 Å². The molecule has 0 unspecified atom stereocenters. The second-order valence-corrected chi connectivity index (χ2v) is 5.82. The molecule has 2 aromatic carbocycles. The first-order valence-electron chi connectivity index (χ1n) is 6.63. The summed E-state index contributed by atoms with van der Waals surface area (Å²) >= 11 is 1.57. The monoisotopic (exact) mass is 308 g/mol. The highest BCUT2D eigenvalue weighted by atomic mass is 32.2. The molecule has 4 nitrogen and oxygen atoms in total. The quantitative estimate of drug-likeness (QED) is 0.575. The Morgan fingerprint density at radius 1 is 1.23 bits per heavy atom. The van der Waals surface area contributed by atoms with E-state index < -0.39 is 0 Å². The largest absolute Gasteiger partial charge is 0.453 e. The summed E-state index contributed by atoms with van der Waals surface area (Å²) in [6, 6.07) is 16.8. The van der Waals surface area contributed by atoms with Crippen LogP contribution in [-0.4, -0.2) is 5.78 Å². The van der Waals surface area contributed by atoms with Gasteiger partial charge in [0.2, 0.25) is 5.78 Å². The Kier molecular flexibility index (Phi) is 3.86. The lowest BCUT2D eigenvalue weighted by atomic mass is 10.2. The van der Waals surface area contributed by atoms with E-state index >= 15 is 0 Å². The van der Waals surface area contributed by atoms with Gasteiger partial charge in [0, 0.05) is 20.9 Å². The lowest BCUT2D eigenvalue weighted by Gasteiger charge is -2.03. The van der Waals surface area contributed by atoms with Gasteiger partial charge in [-0.15, -0.1) is 0 Å². The molecule has 5 heteroatoms. The fraction of sp³-hybridized carbons (Fsp3) is 0.0588. The minimum absolute atomic E-state index is 0.180. The average molecular weight is 308 g/mol. The van der Waals surface area contributed by atoms with E-state index in [2.05, 4.69) is 0 Å². The second kappa shape index (κ2) is 5.96. The predicted molar refractivity (Wildman–Crippen MR) is 85.8 cm³/mol. The Hall–Kier alpha value is -2.71. The van der Waals surface area contributed by atoms with Crippen LogP contribution in [-0.2, 0) is 0 Å². The number of Topliss-reactive ketones (excluding diaryl/α,β-unsaturated/α-hetero) is 1. The number of benzene rings is 2. The van der Waals surface area contributed by atoms with Gasteiger partial charge in [-0.1, -0.05) is 17.8 Å². The number of carbonyl (C=O) groups is 1. The molecular formula is C17H12N2O2S. The van der Waals surface area contributed by atoms with E-state index in [0.717, 1.165) is 20.9 Å². The van der Waals surface area contributed by atoms with Crippen molar-refractivity contribution in [2.24, 2.45) is 0 Å². The molecule has 3 aromatic rings. The number of nitrogens with two attached hydrogens (primary N) is 1.